The lowest BCUT2D eigenvalue weighted by molar-refractivity contribution is -0.141. The third kappa shape index (κ3) is 7.16. The first-order chi connectivity index (χ1) is 18.4. The van der Waals surface area contributed by atoms with Gasteiger partial charge in [0.1, 0.15) is 0 Å². The highest BCUT2D eigenvalue weighted by Crippen LogP contribution is 2.32. The molecule has 2 fully saturated rings. The van der Waals surface area contributed by atoms with Crippen molar-refractivity contribution in [3.63, 3.8) is 0 Å². The van der Waals surface area contributed by atoms with Gasteiger partial charge in [-0.3, -0.25) is 14.4 Å². The first-order valence-electron chi connectivity index (χ1n) is 12.7. The Kier molecular flexibility index (Phi) is 8.62. The number of rotatable bonds is 7. The van der Waals surface area contributed by atoms with E-state index in [1.54, 1.807) is 35.2 Å². The van der Waals surface area contributed by atoms with Crippen LogP contribution in [0.1, 0.15) is 41.7 Å². The highest BCUT2D eigenvalue weighted by Gasteiger charge is 2.39. The number of benzene rings is 1. The van der Waals surface area contributed by atoms with Crippen molar-refractivity contribution in [1.82, 2.24) is 25.3 Å². The van der Waals surface area contributed by atoms with Crippen molar-refractivity contribution in [3.8, 4) is 5.69 Å². The smallest absolute Gasteiger partial charge is 0.354 e. The highest BCUT2D eigenvalue weighted by atomic mass is 32.2. The summed E-state index contributed by atoms with van der Waals surface area (Å²) in [5, 5.41) is 8.64. The van der Waals surface area contributed by atoms with E-state index in [-0.39, 0.29) is 61.3 Å². The van der Waals surface area contributed by atoms with Gasteiger partial charge in [-0.2, -0.15) is 18.3 Å². The summed E-state index contributed by atoms with van der Waals surface area (Å²) in [5.41, 5.74) is -1.55. The Morgan fingerprint density at radius 3 is 2.13 bits per heavy atom. The van der Waals surface area contributed by atoms with Crippen LogP contribution in [0.5, 0.6) is 0 Å². The molecule has 4 rings (SSSR count). The molecule has 0 atom stereocenters. The van der Waals surface area contributed by atoms with Crippen molar-refractivity contribution in [3.05, 3.63) is 47.8 Å². The monoisotopic (exact) mass is 569 g/mol. The number of nitrogens with one attached hydrogen (secondary N) is 2. The van der Waals surface area contributed by atoms with E-state index >= 15 is 0 Å². The van der Waals surface area contributed by atoms with E-state index < -0.39 is 33.2 Å². The molecule has 0 unspecified atom stereocenters. The van der Waals surface area contributed by atoms with Gasteiger partial charge in [0.15, 0.2) is 15.5 Å². The first-order valence-corrected chi connectivity index (χ1v) is 14.5. The maximum absolute atomic E-state index is 13.5. The van der Waals surface area contributed by atoms with E-state index in [1.165, 1.54) is 0 Å². The molecule has 212 valence electrons. The second-order valence-electron chi connectivity index (χ2n) is 9.74. The van der Waals surface area contributed by atoms with Gasteiger partial charge in [0, 0.05) is 44.2 Å². The molecule has 3 amide bonds. The zero-order chi connectivity index (χ0) is 28.2. The van der Waals surface area contributed by atoms with Crippen LogP contribution in [0.4, 0.5) is 13.2 Å². The number of halogens is 3. The fourth-order valence-electron chi connectivity index (χ4n) is 4.86. The largest absolute Gasteiger partial charge is 0.435 e. The average molecular weight is 570 g/mol. The lowest BCUT2D eigenvalue weighted by atomic mass is 9.81. The van der Waals surface area contributed by atoms with Crippen LogP contribution >= 0.6 is 0 Å². The molecule has 10 nitrogen and oxygen atoms in total. The van der Waals surface area contributed by atoms with E-state index in [0.29, 0.717) is 31.4 Å². The molecule has 1 aliphatic heterocycles. The predicted octanol–water partition coefficient (Wildman–Crippen LogP) is 1.80. The van der Waals surface area contributed by atoms with Gasteiger partial charge in [0.2, 0.25) is 11.8 Å². The number of alkyl halides is 3. The van der Waals surface area contributed by atoms with Gasteiger partial charge in [-0.15, -0.1) is 0 Å². The van der Waals surface area contributed by atoms with Gasteiger partial charge in [0.25, 0.3) is 5.91 Å². The molecule has 0 bridgehead atoms. The standard InChI is InChI=1S/C25H30F3N5O5S/c26-25(27,28)21-20(16-33(31-21)19-4-2-1-3-5-19)23(35)30-11-10-29-22(34)17-6-8-18(9-7-17)24(36)32-12-14-39(37,38)15-13-32/h1-5,16-18H,6-15H2,(H,29,34)(H,30,35). The van der Waals surface area contributed by atoms with E-state index in [2.05, 4.69) is 15.7 Å². The van der Waals surface area contributed by atoms with Crippen molar-refractivity contribution < 1.29 is 36.0 Å². The Hall–Kier alpha value is -3.42. The minimum atomic E-state index is -4.83. The molecule has 2 aromatic rings. The minimum Gasteiger partial charge on any atom is -0.354 e. The van der Waals surface area contributed by atoms with E-state index in [0.717, 1.165) is 10.9 Å². The first kappa shape index (κ1) is 28.6. The summed E-state index contributed by atoms with van der Waals surface area (Å²) in [6.07, 6.45) is -1.78. The number of hydrogen-bond acceptors (Lipinski definition) is 6. The van der Waals surface area contributed by atoms with E-state index in [9.17, 15) is 36.0 Å². The van der Waals surface area contributed by atoms with E-state index in [1.807, 2.05) is 0 Å². The van der Waals surface area contributed by atoms with Crippen molar-refractivity contribution >= 4 is 27.6 Å². The number of hydrogen-bond donors (Lipinski definition) is 2. The summed E-state index contributed by atoms with van der Waals surface area (Å²) in [7, 11) is -3.08. The third-order valence-corrected chi connectivity index (χ3v) is 8.67. The zero-order valence-electron chi connectivity index (χ0n) is 21.1. The fraction of sp³-hybridized carbons (Fsp3) is 0.520. The Morgan fingerprint density at radius 2 is 1.51 bits per heavy atom. The quantitative estimate of drug-likeness (QED) is 0.489. The predicted molar refractivity (Wildman–Crippen MR) is 135 cm³/mol. The molecule has 2 heterocycles. The number of para-hydroxylation sites is 1. The van der Waals surface area contributed by atoms with Crippen LogP contribution in [0.25, 0.3) is 5.69 Å². The average Bonchev–Trinajstić information content (AvgIpc) is 3.38. The Bertz CT molecular complexity index is 1290. The molecule has 2 N–H and O–H groups in total. The SMILES string of the molecule is O=C(NCCNC(=O)C1CCC(C(=O)N2CCS(=O)(=O)CC2)CC1)c1cn(-c2ccccc2)nc1C(F)(F)F. The summed E-state index contributed by atoms with van der Waals surface area (Å²) in [5.74, 6) is -1.88. The molecule has 0 spiro atoms. The number of carbonyl (C=O) groups excluding carboxylic acids is 3. The Balaban J connectivity index is 1.23. The van der Waals surface area contributed by atoms with Crippen molar-refractivity contribution in [2.24, 2.45) is 11.8 Å². The van der Waals surface area contributed by atoms with Gasteiger partial charge >= 0.3 is 6.18 Å². The number of sulfone groups is 1. The van der Waals surface area contributed by atoms with Gasteiger partial charge in [0.05, 0.1) is 22.8 Å². The molecule has 1 aromatic carbocycles. The van der Waals surface area contributed by atoms with Crippen molar-refractivity contribution in [2.45, 2.75) is 31.9 Å². The lowest BCUT2D eigenvalue weighted by Gasteiger charge is -2.33. The van der Waals surface area contributed by atoms with Crippen LogP contribution in [0.3, 0.4) is 0 Å². The molecule has 39 heavy (non-hydrogen) atoms. The van der Waals surface area contributed by atoms with Crippen molar-refractivity contribution in [2.75, 3.05) is 37.7 Å². The molecule has 1 saturated carbocycles. The van der Waals surface area contributed by atoms with Crippen LogP contribution < -0.4 is 10.6 Å². The molecule has 1 aromatic heterocycles. The second kappa shape index (κ2) is 11.8. The third-order valence-electron chi connectivity index (χ3n) is 7.06. The summed E-state index contributed by atoms with van der Waals surface area (Å²) >= 11 is 0. The van der Waals surface area contributed by atoms with Crippen LogP contribution in [0.15, 0.2) is 36.5 Å². The molecular weight excluding hydrogens is 539 g/mol. The maximum atomic E-state index is 13.5. The summed E-state index contributed by atoms with van der Waals surface area (Å²) in [6, 6.07) is 8.11. The summed E-state index contributed by atoms with van der Waals surface area (Å²) in [6.45, 7) is 0.347. The number of amides is 3. The minimum absolute atomic E-state index is 0.0276. The van der Waals surface area contributed by atoms with Crippen LogP contribution in [0, 0.1) is 11.8 Å². The van der Waals surface area contributed by atoms with Crippen LogP contribution in [-0.2, 0) is 25.6 Å². The van der Waals surface area contributed by atoms with Gasteiger partial charge < -0.3 is 15.5 Å². The molecule has 0 radical (unpaired) electrons. The van der Waals surface area contributed by atoms with Crippen LogP contribution in [0.2, 0.25) is 0 Å². The molecule has 1 aliphatic carbocycles. The molecule has 2 aliphatic rings. The van der Waals surface area contributed by atoms with Crippen LogP contribution in [-0.4, -0.2) is 78.5 Å². The van der Waals surface area contributed by atoms with Gasteiger partial charge in [-0.1, -0.05) is 18.2 Å². The lowest BCUT2D eigenvalue weighted by Crippen LogP contribution is -2.47. The Labute approximate surface area is 223 Å². The second-order valence-corrected chi connectivity index (χ2v) is 12.0. The normalized spacial score (nSPS) is 21.3. The number of carbonyl (C=O) groups is 3. The van der Waals surface area contributed by atoms with Gasteiger partial charge in [-0.25, -0.2) is 13.1 Å². The fourth-order valence-corrected chi connectivity index (χ4v) is 6.06. The molecule has 1 saturated heterocycles. The summed E-state index contributed by atoms with van der Waals surface area (Å²) < 4.78 is 64.6. The highest BCUT2D eigenvalue weighted by molar-refractivity contribution is 7.91. The maximum Gasteiger partial charge on any atom is 0.435 e. The Morgan fingerprint density at radius 1 is 0.923 bits per heavy atom. The zero-order valence-corrected chi connectivity index (χ0v) is 21.9. The topological polar surface area (TPSA) is 130 Å². The van der Waals surface area contributed by atoms with Crippen molar-refractivity contribution in [1.29, 1.82) is 0 Å². The summed E-state index contributed by atoms with van der Waals surface area (Å²) in [4.78, 5) is 39.4. The van der Waals surface area contributed by atoms with Gasteiger partial charge in [-0.05, 0) is 37.8 Å². The number of aromatic nitrogens is 2. The van der Waals surface area contributed by atoms with E-state index in [4.69, 9.17) is 0 Å². The molecular formula is C25H30F3N5O5S. The number of nitrogens with zero attached hydrogens (tertiary/aromatic N) is 3. The molecule has 14 heteroatoms.